The summed E-state index contributed by atoms with van der Waals surface area (Å²) >= 11 is 0. The number of carbonyl (C=O) groups excluding carboxylic acids is 2. The Kier molecular flexibility index (Phi) is 16.2. The van der Waals surface area contributed by atoms with E-state index in [1.54, 1.807) is 41.3 Å². The fourth-order valence-corrected chi connectivity index (χ4v) is 4.48. The first-order chi connectivity index (χ1) is 20.7. The van der Waals surface area contributed by atoms with Crippen LogP contribution in [0, 0.1) is 11.6 Å². The number of amides is 2. The molecule has 0 aliphatic heterocycles. The third-order valence-electron chi connectivity index (χ3n) is 7.05. The molecule has 2 amide bonds. The minimum absolute atomic E-state index is 0. The first kappa shape index (κ1) is 37.0. The fourth-order valence-electron chi connectivity index (χ4n) is 4.48. The van der Waals surface area contributed by atoms with Crippen LogP contribution in [-0.2, 0) is 11.2 Å². The Morgan fingerprint density at radius 1 is 0.886 bits per heavy atom. The van der Waals surface area contributed by atoms with Gasteiger partial charge in [0.05, 0.1) is 18.2 Å². The van der Waals surface area contributed by atoms with Gasteiger partial charge in [0, 0.05) is 19.0 Å². The van der Waals surface area contributed by atoms with Gasteiger partial charge in [-0.25, -0.2) is 13.6 Å². The van der Waals surface area contributed by atoms with Crippen LogP contribution in [0.15, 0.2) is 66.7 Å². The Labute approximate surface area is 281 Å². The summed E-state index contributed by atoms with van der Waals surface area (Å²) in [6, 6.07) is 16.8. The molecule has 0 aliphatic rings. The molecular weight excluding hydrogens is 577 g/mol. The van der Waals surface area contributed by atoms with Crippen LogP contribution in [0.25, 0.3) is 0 Å². The molecule has 10 heteroatoms. The molecule has 44 heavy (non-hydrogen) atoms. The number of carboxylic acids is 1. The second-order valence-electron chi connectivity index (χ2n) is 10.8. The predicted molar refractivity (Wildman–Crippen MR) is 161 cm³/mol. The van der Waals surface area contributed by atoms with E-state index in [-0.39, 0.29) is 54.8 Å². The second-order valence-corrected chi connectivity index (χ2v) is 10.8. The maximum atomic E-state index is 14.1. The number of aliphatic carboxylic acids is 1. The molecule has 0 radical (unpaired) electrons. The van der Waals surface area contributed by atoms with Crippen molar-refractivity contribution in [3.63, 3.8) is 0 Å². The van der Waals surface area contributed by atoms with Gasteiger partial charge in [-0.3, -0.25) is 0 Å². The Morgan fingerprint density at radius 2 is 1.55 bits per heavy atom. The average Bonchev–Trinajstić information content (AvgIpc) is 2.98. The zero-order valence-electron chi connectivity index (χ0n) is 26.1. The van der Waals surface area contributed by atoms with Gasteiger partial charge in [-0.1, -0.05) is 70.7 Å². The number of carbonyl (C=O) groups is 2. The first-order valence-corrected chi connectivity index (χ1v) is 14.9. The molecule has 0 heterocycles. The monoisotopic (exact) mass is 618 g/mol. The second kappa shape index (κ2) is 19.3. The number of ether oxygens (including phenoxy) is 2. The number of hydrogen-bond acceptors (Lipinski definition) is 5. The van der Waals surface area contributed by atoms with Crippen LogP contribution >= 0.6 is 0 Å². The third-order valence-corrected chi connectivity index (χ3v) is 7.05. The van der Waals surface area contributed by atoms with Crippen molar-refractivity contribution in [1.29, 1.82) is 0 Å². The van der Waals surface area contributed by atoms with E-state index in [0.717, 1.165) is 55.4 Å². The summed E-state index contributed by atoms with van der Waals surface area (Å²) in [7, 11) is 0. The molecule has 0 saturated carbocycles. The molecule has 3 aromatic rings. The van der Waals surface area contributed by atoms with Gasteiger partial charge in [-0.2, -0.15) is 0 Å². The summed E-state index contributed by atoms with van der Waals surface area (Å²) in [6.07, 6.45) is 3.99. The van der Waals surface area contributed by atoms with E-state index < -0.39 is 29.7 Å². The quantitative estimate of drug-likeness (QED) is 0.184. The zero-order chi connectivity index (χ0) is 31.2. The number of hydrogen-bond donors (Lipinski definition) is 1. The first-order valence-electron chi connectivity index (χ1n) is 14.9. The van der Waals surface area contributed by atoms with Crippen LogP contribution < -0.4 is 49.5 Å². The van der Waals surface area contributed by atoms with Crippen molar-refractivity contribution in [2.24, 2.45) is 0 Å². The van der Waals surface area contributed by atoms with Gasteiger partial charge in [0.1, 0.15) is 35.8 Å². The van der Waals surface area contributed by atoms with Gasteiger partial charge < -0.3 is 29.6 Å². The molecule has 1 atom stereocenters. The van der Waals surface area contributed by atoms with Crippen molar-refractivity contribution in [3.05, 3.63) is 89.5 Å². The maximum absolute atomic E-state index is 14.1. The molecule has 3 aromatic carbocycles. The van der Waals surface area contributed by atoms with Crippen LogP contribution in [0.2, 0.25) is 0 Å². The topological polar surface area (TPSA) is 90.9 Å². The number of nitrogens with one attached hydrogen (secondary N) is 1. The molecule has 1 N–H and O–H groups in total. The zero-order valence-corrected chi connectivity index (χ0v) is 28.1. The standard InChI is InChI=1S/C34H42F2N2O5.Na/c1-4-5-6-7-8-19-38(34(41)37-31-18-13-27(35)23-30(31)36)20-21-42-28-14-9-25(10-15-28)22-32(33(39)40)43-29-16-11-26(12-17-29)24(2)3;/h9-18,23-24,32H,4-8,19-22H2,1-3H3,(H,37,41)(H,39,40);/q;+1/p-1. The van der Waals surface area contributed by atoms with Gasteiger partial charge in [0.25, 0.3) is 0 Å². The number of unbranched alkanes of at least 4 members (excludes halogenated alkanes) is 4. The minimum Gasteiger partial charge on any atom is -0.546 e. The summed E-state index contributed by atoms with van der Waals surface area (Å²) in [4.78, 5) is 26.2. The largest absolute Gasteiger partial charge is 1.00 e. The molecule has 0 spiro atoms. The third kappa shape index (κ3) is 12.5. The molecule has 0 saturated heterocycles. The van der Waals surface area contributed by atoms with Crippen LogP contribution in [0.1, 0.15) is 69.9 Å². The molecule has 232 valence electrons. The number of rotatable bonds is 17. The van der Waals surface area contributed by atoms with Crippen molar-refractivity contribution in [3.8, 4) is 11.5 Å². The summed E-state index contributed by atoms with van der Waals surface area (Å²) in [5, 5.41) is 14.3. The molecule has 0 aliphatic carbocycles. The van der Waals surface area contributed by atoms with Crippen LogP contribution in [0.5, 0.6) is 11.5 Å². The van der Waals surface area contributed by atoms with Gasteiger partial charge >= 0.3 is 35.6 Å². The molecular formula is C34H41F2N2NaO5. The van der Waals surface area contributed by atoms with Crippen LogP contribution in [0.3, 0.4) is 0 Å². The van der Waals surface area contributed by atoms with E-state index in [2.05, 4.69) is 26.1 Å². The summed E-state index contributed by atoms with van der Waals surface area (Å²) in [5.41, 5.74) is 1.77. The van der Waals surface area contributed by atoms with E-state index in [1.807, 2.05) is 12.1 Å². The van der Waals surface area contributed by atoms with E-state index >= 15 is 0 Å². The van der Waals surface area contributed by atoms with Crippen molar-refractivity contribution >= 4 is 17.7 Å². The Bertz CT molecular complexity index is 1310. The SMILES string of the molecule is CCCCCCCN(CCOc1ccc(CC(Oc2ccc(C(C)C)cc2)C(=O)[O-])cc1)C(=O)Nc1ccc(F)cc1F.[Na+]. The van der Waals surface area contributed by atoms with Crippen molar-refractivity contribution < 1.29 is 62.5 Å². The molecule has 0 aromatic heterocycles. The van der Waals surface area contributed by atoms with Crippen LogP contribution in [0.4, 0.5) is 19.3 Å². The van der Waals surface area contributed by atoms with E-state index in [4.69, 9.17) is 9.47 Å². The van der Waals surface area contributed by atoms with Crippen molar-refractivity contribution in [2.45, 2.75) is 71.3 Å². The number of benzene rings is 3. The Balaban J connectivity index is 0.00000675. The average molecular weight is 619 g/mol. The van der Waals surface area contributed by atoms with E-state index in [9.17, 15) is 23.5 Å². The Morgan fingerprint density at radius 3 is 2.16 bits per heavy atom. The number of anilines is 1. The van der Waals surface area contributed by atoms with E-state index in [0.29, 0.717) is 24.0 Å². The molecule has 1 unspecified atom stereocenters. The number of halogens is 2. The molecule has 3 rings (SSSR count). The minimum atomic E-state index is -1.30. The van der Waals surface area contributed by atoms with Gasteiger partial charge in [-0.05, 0) is 59.9 Å². The maximum Gasteiger partial charge on any atom is 1.00 e. The van der Waals surface area contributed by atoms with Gasteiger partial charge in [0.2, 0.25) is 0 Å². The number of nitrogens with zero attached hydrogens (tertiary/aromatic N) is 1. The summed E-state index contributed by atoms with van der Waals surface area (Å²) < 4.78 is 38.9. The van der Waals surface area contributed by atoms with Crippen molar-refractivity contribution in [2.75, 3.05) is 25.0 Å². The smallest absolute Gasteiger partial charge is 0.546 e. The summed E-state index contributed by atoms with van der Waals surface area (Å²) in [6.45, 7) is 7.18. The van der Waals surface area contributed by atoms with E-state index in [1.165, 1.54) is 6.07 Å². The van der Waals surface area contributed by atoms with Gasteiger partial charge in [-0.15, -0.1) is 0 Å². The molecule has 0 bridgehead atoms. The number of urea groups is 1. The molecule has 0 fully saturated rings. The number of carboxylic acid groups (broad SMARTS) is 1. The van der Waals surface area contributed by atoms with Crippen molar-refractivity contribution in [1.82, 2.24) is 4.90 Å². The fraction of sp³-hybridized carbons (Fsp3) is 0.412. The summed E-state index contributed by atoms with van der Waals surface area (Å²) in [5.74, 6) is -1.51. The normalized spacial score (nSPS) is 11.4. The predicted octanol–water partition coefficient (Wildman–Crippen LogP) is 3.72. The van der Waals surface area contributed by atoms with Gasteiger partial charge in [0.15, 0.2) is 0 Å². The van der Waals surface area contributed by atoms with Crippen LogP contribution in [-0.4, -0.2) is 42.7 Å². The molecule has 7 nitrogen and oxygen atoms in total. The Hall–Kier alpha value is -3.14.